The van der Waals surface area contributed by atoms with Gasteiger partial charge in [0.1, 0.15) is 5.69 Å². The molecule has 0 saturated heterocycles. The van der Waals surface area contributed by atoms with Crippen molar-refractivity contribution >= 4 is 11.7 Å². The van der Waals surface area contributed by atoms with Crippen molar-refractivity contribution in [1.29, 1.82) is 0 Å². The van der Waals surface area contributed by atoms with Gasteiger partial charge in [0.15, 0.2) is 0 Å². The number of nitrogens with zero attached hydrogens (tertiary/aromatic N) is 2. The van der Waals surface area contributed by atoms with E-state index < -0.39 is 5.97 Å². The lowest BCUT2D eigenvalue weighted by molar-refractivity contribution is -0.729. The summed E-state index contributed by atoms with van der Waals surface area (Å²) in [6.07, 6.45) is 0. The quantitative estimate of drug-likeness (QED) is 0.832. The SMILES string of the molecule is Cc1ccc(C)n1-c1c(C(=O)O)cccc1[N+](=O)O. The first-order valence-electron chi connectivity index (χ1n) is 5.61. The zero-order chi connectivity index (χ0) is 14.2. The Morgan fingerprint density at radius 3 is 2.21 bits per heavy atom. The molecule has 0 aliphatic rings. The molecule has 0 amide bonds. The Labute approximate surface area is 109 Å². The molecule has 98 valence electrons. The summed E-state index contributed by atoms with van der Waals surface area (Å²) in [7, 11) is 0. The van der Waals surface area contributed by atoms with Gasteiger partial charge in [0.05, 0.1) is 10.5 Å². The molecule has 2 N–H and O–H groups in total. The summed E-state index contributed by atoms with van der Waals surface area (Å²) in [5, 5.41) is 18.4. The summed E-state index contributed by atoms with van der Waals surface area (Å²) in [6, 6.07) is 7.79. The van der Waals surface area contributed by atoms with Gasteiger partial charge in [-0.05, 0) is 32.0 Å². The summed E-state index contributed by atoms with van der Waals surface area (Å²) in [6.45, 7) is 3.59. The first-order chi connectivity index (χ1) is 8.93. The highest BCUT2D eigenvalue weighted by Gasteiger charge is 2.27. The van der Waals surface area contributed by atoms with Gasteiger partial charge in [0, 0.05) is 17.5 Å². The number of hydrogen-bond donors (Lipinski definition) is 2. The van der Waals surface area contributed by atoms with E-state index in [1.54, 1.807) is 18.4 Å². The van der Waals surface area contributed by atoms with Gasteiger partial charge < -0.3 is 9.67 Å². The van der Waals surface area contributed by atoms with Crippen LogP contribution in [0.15, 0.2) is 30.3 Å². The molecule has 0 unspecified atom stereocenters. The maximum atomic E-state index is 11.3. The van der Waals surface area contributed by atoms with Gasteiger partial charge in [0.25, 0.3) is 4.92 Å². The highest BCUT2D eigenvalue weighted by atomic mass is 16.6. The second-order valence-corrected chi connectivity index (χ2v) is 4.20. The first-order valence-corrected chi connectivity index (χ1v) is 5.61. The van der Waals surface area contributed by atoms with E-state index in [0.717, 1.165) is 11.4 Å². The lowest BCUT2D eigenvalue weighted by atomic mass is 10.1. The minimum atomic E-state index is -1.16. The standard InChI is InChI=1S/C13H12N2O4/c1-8-6-7-9(2)14(8)12-10(13(16)17)4-3-5-11(12)15(18)19/h3-7H,1-2H3,(H-,16,17,18,19)/p+1. The van der Waals surface area contributed by atoms with Crippen molar-refractivity contribution in [3.8, 4) is 5.69 Å². The summed E-state index contributed by atoms with van der Waals surface area (Å²) in [4.78, 5) is 22.2. The number of para-hydroxylation sites is 1. The van der Waals surface area contributed by atoms with Gasteiger partial charge >= 0.3 is 11.7 Å². The van der Waals surface area contributed by atoms with Crippen LogP contribution in [0.5, 0.6) is 0 Å². The van der Waals surface area contributed by atoms with Crippen molar-refractivity contribution in [2.75, 3.05) is 0 Å². The van der Waals surface area contributed by atoms with E-state index in [1.807, 2.05) is 12.1 Å². The molecule has 0 radical (unpaired) electrons. The van der Waals surface area contributed by atoms with Crippen molar-refractivity contribution in [3.63, 3.8) is 0 Å². The van der Waals surface area contributed by atoms with Crippen LogP contribution in [-0.4, -0.2) is 25.8 Å². The van der Waals surface area contributed by atoms with Crippen LogP contribution in [0.4, 0.5) is 5.69 Å². The number of carboxylic acids is 1. The second kappa shape index (κ2) is 4.56. The normalized spacial score (nSPS) is 10.4. The number of rotatable bonds is 3. The van der Waals surface area contributed by atoms with Gasteiger partial charge in [-0.1, -0.05) is 6.07 Å². The molecule has 2 aromatic rings. The molecule has 6 nitrogen and oxygen atoms in total. The smallest absolute Gasteiger partial charge is 0.341 e. The third-order valence-electron chi connectivity index (χ3n) is 2.95. The van der Waals surface area contributed by atoms with Crippen molar-refractivity contribution in [3.05, 3.63) is 52.2 Å². The predicted octanol–water partition coefficient (Wildman–Crippen LogP) is 2.59. The van der Waals surface area contributed by atoms with Gasteiger partial charge in [-0.15, -0.1) is 0 Å². The average molecular weight is 261 g/mol. The molecular weight excluding hydrogens is 248 g/mol. The molecular formula is C13H13N2O4+. The Hall–Kier alpha value is -2.63. The van der Waals surface area contributed by atoms with Crippen LogP contribution in [-0.2, 0) is 0 Å². The van der Waals surface area contributed by atoms with Crippen LogP contribution in [0.3, 0.4) is 0 Å². The van der Waals surface area contributed by atoms with Crippen LogP contribution >= 0.6 is 0 Å². The third kappa shape index (κ3) is 2.08. The molecule has 6 heteroatoms. The maximum absolute atomic E-state index is 11.3. The molecule has 1 aromatic heterocycles. The molecule has 1 heterocycles. The number of benzene rings is 1. The van der Waals surface area contributed by atoms with Crippen LogP contribution in [0.25, 0.3) is 5.69 Å². The summed E-state index contributed by atoms with van der Waals surface area (Å²) in [5.74, 6) is -1.16. The van der Waals surface area contributed by atoms with E-state index in [1.165, 1.54) is 18.2 Å². The number of aromatic carboxylic acids is 1. The number of carbonyl (C=O) groups is 1. The van der Waals surface area contributed by atoms with E-state index >= 15 is 0 Å². The largest absolute Gasteiger partial charge is 0.478 e. The van der Waals surface area contributed by atoms with Gasteiger partial charge in [0.2, 0.25) is 0 Å². The fourth-order valence-electron chi connectivity index (χ4n) is 2.11. The lowest BCUT2D eigenvalue weighted by Gasteiger charge is -2.11. The van der Waals surface area contributed by atoms with E-state index in [0.29, 0.717) is 0 Å². The van der Waals surface area contributed by atoms with Gasteiger partial charge in [-0.3, -0.25) is 0 Å². The molecule has 1 aromatic carbocycles. The van der Waals surface area contributed by atoms with Crippen LogP contribution in [0.1, 0.15) is 21.7 Å². The minimum Gasteiger partial charge on any atom is -0.478 e. The Kier molecular flexibility index (Phi) is 3.08. The molecule has 19 heavy (non-hydrogen) atoms. The number of aromatic nitrogens is 1. The highest BCUT2D eigenvalue weighted by molar-refractivity contribution is 5.94. The number of hydrogen-bond acceptors (Lipinski definition) is 2. The maximum Gasteiger partial charge on any atom is 0.341 e. The molecule has 2 rings (SSSR count). The summed E-state index contributed by atoms with van der Waals surface area (Å²) < 4.78 is 1.62. The van der Waals surface area contributed by atoms with Crippen molar-refractivity contribution < 1.29 is 20.0 Å². The van der Waals surface area contributed by atoms with E-state index in [2.05, 4.69) is 0 Å². The van der Waals surface area contributed by atoms with E-state index in [4.69, 9.17) is 5.21 Å². The zero-order valence-electron chi connectivity index (χ0n) is 10.5. The average Bonchev–Trinajstić information content (AvgIpc) is 2.67. The molecule has 0 fully saturated rings. The Morgan fingerprint density at radius 1 is 1.16 bits per heavy atom. The Bertz CT molecular complexity index is 622. The summed E-state index contributed by atoms with van der Waals surface area (Å²) >= 11 is 0. The van der Waals surface area contributed by atoms with Gasteiger partial charge in [-0.25, -0.2) is 10.0 Å². The van der Waals surface area contributed by atoms with Crippen molar-refractivity contribution in [1.82, 2.24) is 4.57 Å². The predicted molar refractivity (Wildman–Crippen MR) is 67.3 cm³/mol. The molecule has 0 atom stereocenters. The van der Waals surface area contributed by atoms with Crippen LogP contribution < -0.4 is 0 Å². The third-order valence-corrected chi connectivity index (χ3v) is 2.95. The number of aryl methyl sites for hydroxylation is 2. The van der Waals surface area contributed by atoms with Crippen LogP contribution in [0, 0.1) is 18.8 Å². The molecule has 0 bridgehead atoms. The molecule has 0 aliphatic heterocycles. The van der Waals surface area contributed by atoms with E-state index in [-0.39, 0.29) is 21.9 Å². The van der Waals surface area contributed by atoms with Crippen molar-refractivity contribution in [2.24, 2.45) is 0 Å². The Balaban J connectivity index is 2.87. The molecule has 0 spiro atoms. The first kappa shape index (κ1) is 12.8. The topological polar surface area (TPSA) is 82.5 Å². The summed E-state index contributed by atoms with van der Waals surface area (Å²) in [5.41, 5.74) is 1.55. The second-order valence-electron chi connectivity index (χ2n) is 4.20. The minimum absolute atomic E-state index is 0.0465. The van der Waals surface area contributed by atoms with Gasteiger partial charge in [-0.2, -0.15) is 0 Å². The fraction of sp³-hybridized carbons (Fsp3) is 0.154. The zero-order valence-corrected chi connectivity index (χ0v) is 10.5. The number of carboxylic acid groups (broad SMARTS) is 1. The fourth-order valence-corrected chi connectivity index (χ4v) is 2.11. The highest BCUT2D eigenvalue weighted by Crippen LogP contribution is 2.29. The molecule has 0 aliphatic carbocycles. The van der Waals surface area contributed by atoms with Crippen molar-refractivity contribution in [2.45, 2.75) is 13.8 Å². The monoisotopic (exact) mass is 261 g/mol. The lowest BCUT2D eigenvalue weighted by Crippen LogP contribution is -2.11. The van der Waals surface area contributed by atoms with E-state index in [9.17, 15) is 14.8 Å². The Morgan fingerprint density at radius 2 is 1.74 bits per heavy atom. The molecule has 0 saturated carbocycles. The van der Waals surface area contributed by atoms with Crippen LogP contribution in [0.2, 0.25) is 0 Å².